The Morgan fingerprint density at radius 3 is 2.53 bits per heavy atom. The maximum absolute atomic E-state index is 11.5. The first-order chi connectivity index (χ1) is 8.97. The highest BCUT2D eigenvalue weighted by Crippen LogP contribution is 2.37. The van der Waals surface area contributed by atoms with E-state index in [0.29, 0.717) is 18.0 Å². The summed E-state index contributed by atoms with van der Waals surface area (Å²) >= 11 is 0. The molecule has 1 aromatic carbocycles. The fraction of sp³-hybridized carbons (Fsp3) is 0.500. The van der Waals surface area contributed by atoms with Crippen molar-refractivity contribution in [2.75, 3.05) is 20.8 Å². The Kier molecular flexibility index (Phi) is 3.98. The van der Waals surface area contributed by atoms with Crippen molar-refractivity contribution in [3.63, 3.8) is 0 Å². The highest BCUT2D eigenvalue weighted by molar-refractivity contribution is 7.86. The first-order valence-electron chi connectivity index (χ1n) is 5.99. The van der Waals surface area contributed by atoms with E-state index >= 15 is 0 Å². The van der Waals surface area contributed by atoms with Gasteiger partial charge in [0.15, 0.2) is 11.5 Å². The maximum atomic E-state index is 11.5. The molecule has 0 spiro atoms. The van der Waals surface area contributed by atoms with Crippen LogP contribution in [0.5, 0.6) is 11.5 Å². The normalized spacial score (nSPS) is 20.5. The van der Waals surface area contributed by atoms with Gasteiger partial charge in [0.25, 0.3) is 10.2 Å². The molecule has 6 nitrogen and oxygen atoms in total. The van der Waals surface area contributed by atoms with Gasteiger partial charge in [-0.2, -0.15) is 12.7 Å². The lowest BCUT2D eigenvalue weighted by molar-refractivity contribution is 0.351. The molecule has 0 unspecified atom stereocenters. The fourth-order valence-electron chi connectivity index (χ4n) is 2.44. The van der Waals surface area contributed by atoms with Crippen LogP contribution in [0.4, 0.5) is 0 Å². The first-order valence-corrected chi connectivity index (χ1v) is 7.49. The molecule has 1 heterocycles. The molecule has 0 amide bonds. The van der Waals surface area contributed by atoms with Gasteiger partial charge < -0.3 is 9.47 Å². The summed E-state index contributed by atoms with van der Waals surface area (Å²) in [7, 11) is -0.565. The van der Waals surface area contributed by atoms with Gasteiger partial charge in [-0.1, -0.05) is 6.07 Å². The Morgan fingerprint density at radius 1 is 1.26 bits per heavy atom. The molecule has 106 valence electrons. The molecule has 1 aromatic rings. The standard InChI is InChI=1S/C12H18N2O4S/c1-17-11-6-5-9(8-12(11)18-2)10-4-3-7-14(10)19(13,15)16/h5-6,8,10H,3-4,7H2,1-2H3,(H2,13,15,16)/t10-/m0/s1. The summed E-state index contributed by atoms with van der Waals surface area (Å²) in [5, 5.41) is 5.24. The van der Waals surface area contributed by atoms with Crippen LogP contribution in [0.25, 0.3) is 0 Å². The van der Waals surface area contributed by atoms with Crippen molar-refractivity contribution in [3.05, 3.63) is 23.8 Å². The smallest absolute Gasteiger partial charge is 0.277 e. The quantitative estimate of drug-likeness (QED) is 0.896. The van der Waals surface area contributed by atoms with Crippen molar-refractivity contribution in [1.29, 1.82) is 0 Å². The lowest BCUT2D eigenvalue weighted by Crippen LogP contribution is -2.36. The molecule has 2 N–H and O–H groups in total. The molecule has 0 radical (unpaired) electrons. The van der Waals surface area contributed by atoms with Gasteiger partial charge in [0.2, 0.25) is 0 Å². The van der Waals surface area contributed by atoms with Crippen LogP contribution in [0.1, 0.15) is 24.4 Å². The number of nitrogens with zero attached hydrogens (tertiary/aromatic N) is 1. The van der Waals surface area contributed by atoms with Gasteiger partial charge in [-0.25, -0.2) is 5.14 Å². The molecule has 0 aromatic heterocycles. The molecule has 2 rings (SSSR count). The summed E-state index contributed by atoms with van der Waals surface area (Å²) < 4.78 is 34.8. The van der Waals surface area contributed by atoms with Gasteiger partial charge in [-0.3, -0.25) is 0 Å². The molecular formula is C12H18N2O4S. The van der Waals surface area contributed by atoms with Gasteiger partial charge in [0.1, 0.15) is 0 Å². The maximum Gasteiger partial charge on any atom is 0.277 e. The highest BCUT2D eigenvalue weighted by Gasteiger charge is 2.33. The SMILES string of the molecule is COc1ccc([C@@H]2CCCN2S(N)(=O)=O)cc1OC. The van der Waals surface area contributed by atoms with Crippen LogP contribution in [-0.4, -0.2) is 33.5 Å². The van der Waals surface area contributed by atoms with Crippen LogP contribution in [0, 0.1) is 0 Å². The van der Waals surface area contributed by atoms with Crippen molar-refractivity contribution in [2.45, 2.75) is 18.9 Å². The molecule has 1 fully saturated rings. The molecule has 0 bridgehead atoms. The molecule has 1 atom stereocenters. The van der Waals surface area contributed by atoms with Gasteiger partial charge in [0, 0.05) is 6.54 Å². The molecule has 0 aliphatic carbocycles. The van der Waals surface area contributed by atoms with E-state index < -0.39 is 10.2 Å². The summed E-state index contributed by atoms with van der Waals surface area (Å²) in [5.74, 6) is 1.20. The largest absolute Gasteiger partial charge is 0.493 e. The predicted molar refractivity (Wildman–Crippen MR) is 71.3 cm³/mol. The Hall–Kier alpha value is -1.31. The Labute approximate surface area is 113 Å². The third-order valence-corrected chi connectivity index (χ3v) is 4.41. The van der Waals surface area contributed by atoms with Gasteiger partial charge in [-0.05, 0) is 30.5 Å². The molecule has 19 heavy (non-hydrogen) atoms. The van der Waals surface area contributed by atoms with Crippen molar-refractivity contribution in [1.82, 2.24) is 4.31 Å². The number of methoxy groups -OCH3 is 2. The third-order valence-electron chi connectivity index (χ3n) is 3.32. The van der Waals surface area contributed by atoms with Crippen LogP contribution in [-0.2, 0) is 10.2 Å². The topological polar surface area (TPSA) is 81.9 Å². The number of ether oxygens (including phenoxy) is 2. The third kappa shape index (κ3) is 2.83. The molecule has 0 saturated carbocycles. The molecule has 7 heteroatoms. The monoisotopic (exact) mass is 286 g/mol. The number of nitrogens with two attached hydrogens (primary N) is 1. The highest BCUT2D eigenvalue weighted by atomic mass is 32.2. The van der Waals surface area contributed by atoms with E-state index in [1.54, 1.807) is 26.4 Å². The Balaban J connectivity index is 2.36. The van der Waals surface area contributed by atoms with Crippen molar-refractivity contribution < 1.29 is 17.9 Å². The number of hydrogen-bond acceptors (Lipinski definition) is 4. The van der Waals surface area contributed by atoms with E-state index in [9.17, 15) is 8.42 Å². The minimum absolute atomic E-state index is 0.227. The molecular weight excluding hydrogens is 268 g/mol. The zero-order valence-corrected chi connectivity index (χ0v) is 11.8. The molecule has 1 aliphatic rings. The average Bonchev–Trinajstić information content (AvgIpc) is 2.87. The van der Waals surface area contributed by atoms with Crippen molar-refractivity contribution in [3.8, 4) is 11.5 Å². The predicted octanol–water partition coefficient (Wildman–Crippen LogP) is 1.04. The van der Waals surface area contributed by atoms with Gasteiger partial charge >= 0.3 is 0 Å². The Morgan fingerprint density at radius 2 is 1.95 bits per heavy atom. The van der Waals surface area contributed by atoms with Crippen molar-refractivity contribution >= 4 is 10.2 Å². The second kappa shape index (κ2) is 5.36. The van der Waals surface area contributed by atoms with Crippen LogP contribution in [0.15, 0.2) is 18.2 Å². The van der Waals surface area contributed by atoms with E-state index in [0.717, 1.165) is 18.4 Å². The van der Waals surface area contributed by atoms with E-state index in [4.69, 9.17) is 14.6 Å². The summed E-state index contributed by atoms with van der Waals surface area (Å²) in [6.45, 7) is 0.456. The zero-order valence-electron chi connectivity index (χ0n) is 11.0. The summed E-state index contributed by atoms with van der Waals surface area (Å²) in [5.41, 5.74) is 0.865. The van der Waals surface area contributed by atoms with E-state index in [1.807, 2.05) is 6.07 Å². The average molecular weight is 286 g/mol. The van der Waals surface area contributed by atoms with E-state index in [-0.39, 0.29) is 6.04 Å². The van der Waals surface area contributed by atoms with E-state index in [1.165, 1.54) is 4.31 Å². The molecule has 1 saturated heterocycles. The number of benzene rings is 1. The van der Waals surface area contributed by atoms with Gasteiger partial charge in [0.05, 0.1) is 20.3 Å². The lowest BCUT2D eigenvalue weighted by Gasteiger charge is -2.22. The Bertz CT molecular complexity index is 559. The van der Waals surface area contributed by atoms with E-state index in [2.05, 4.69) is 0 Å². The van der Waals surface area contributed by atoms with Crippen LogP contribution >= 0.6 is 0 Å². The minimum Gasteiger partial charge on any atom is -0.493 e. The van der Waals surface area contributed by atoms with Gasteiger partial charge in [-0.15, -0.1) is 0 Å². The second-order valence-electron chi connectivity index (χ2n) is 4.43. The van der Waals surface area contributed by atoms with Crippen LogP contribution in [0.3, 0.4) is 0 Å². The number of rotatable bonds is 4. The minimum atomic E-state index is -3.67. The molecule has 1 aliphatic heterocycles. The zero-order chi connectivity index (χ0) is 14.0. The lowest BCUT2D eigenvalue weighted by atomic mass is 10.0. The van der Waals surface area contributed by atoms with Crippen molar-refractivity contribution in [2.24, 2.45) is 5.14 Å². The summed E-state index contributed by atoms with van der Waals surface area (Å²) in [6, 6.07) is 5.19. The second-order valence-corrected chi connectivity index (χ2v) is 5.93. The first kappa shape index (κ1) is 14.1. The number of hydrogen-bond donors (Lipinski definition) is 1. The summed E-state index contributed by atoms with van der Waals surface area (Å²) in [6.07, 6.45) is 1.56. The van der Waals surface area contributed by atoms with Crippen LogP contribution < -0.4 is 14.6 Å². The summed E-state index contributed by atoms with van der Waals surface area (Å²) in [4.78, 5) is 0. The van der Waals surface area contributed by atoms with Crippen LogP contribution in [0.2, 0.25) is 0 Å². The fourth-order valence-corrected chi connectivity index (χ4v) is 3.40.